The van der Waals surface area contributed by atoms with Gasteiger partial charge in [-0.05, 0) is 31.5 Å². The van der Waals surface area contributed by atoms with Crippen LogP contribution in [0.15, 0.2) is 23.2 Å². The highest BCUT2D eigenvalue weighted by Gasteiger charge is 2.23. The van der Waals surface area contributed by atoms with E-state index in [0.29, 0.717) is 42.5 Å². The van der Waals surface area contributed by atoms with Crippen LogP contribution >= 0.6 is 35.6 Å². The van der Waals surface area contributed by atoms with Crippen molar-refractivity contribution in [1.82, 2.24) is 15.5 Å². The average Bonchev–Trinajstić information content (AvgIpc) is 2.58. The van der Waals surface area contributed by atoms with Gasteiger partial charge in [-0.25, -0.2) is 4.99 Å². The van der Waals surface area contributed by atoms with E-state index < -0.39 is 6.61 Å². The number of ether oxygens (including phenoxy) is 1. The maximum Gasteiger partial charge on any atom is 0.387 e. The smallest absolute Gasteiger partial charge is 0.387 e. The van der Waals surface area contributed by atoms with Crippen LogP contribution in [0.3, 0.4) is 0 Å². The van der Waals surface area contributed by atoms with E-state index in [4.69, 9.17) is 11.6 Å². The maximum absolute atomic E-state index is 12.6. The van der Waals surface area contributed by atoms with Crippen molar-refractivity contribution in [3.05, 3.63) is 28.8 Å². The lowest BCUT2D eigenvalue weighted by Gasteiger charge is -2.31. The molecule has 0 saturated carbocycles. The third kappa shape index (κ3) is 7.65. The van der Waals surface area contributed by atoms with Crippen LogP contribution < -0.4 is 15.4 Å². The van der Waals surface area contributed by atoms with E-state index in [1.165, 1.54) is 12.1 Å². The molecule has 1 fully saturated rings. The van der Waals surface area contributed by atoms with Crippen LogP contribution in [0.5, 0.6) is 5.75 Å². The zero-order chi connectivity index (χ0) is 19.1. The molecule has 1 amide bonds. The molecule has 0 aliphatic carbocycles. The number of nitrogens with one attached hydrogen (secondary N) is 2. The van der Waals surface area contributed by atoms with E-state index in [1.807, 2.05) is 6.92 Å². The fourth-order valence-corrected chi connectivity index (χ4v) is 2.88. The van der Waals surface area contributed by atoms with E-state index in [2.05, 4.69) is 20.4 Å². The summed E-state index contributed by atoms with van der Waals surface area (Å²) in [4.78, 5) is 17.7. The first-order chi connectivity index (χ1) is 12.4. The van der Waals surface area contributed by atoms with Gasteiger partial charge in [0.25, 0.3) is 0 Å². The quantitative estimate of drug-likeness (QED) is 0.346. The van der Waals surface area contributed by atoms with Crippen LogP contribution in [-0.2, 0) is 11.3 Å². The molecular weight excluding hydrogens is 493 g/mol. The molecule has 2 N–H and O–H groups in total. The molecule has 1 aromatic rings. The Morgan fingerprint density at radius 1 is 1.48 bits per heavy atom. The molecule has 1 aliphatic rings. The monoisotopic (exact) mass is 516 g/mol. The van der Waals surface area contributed by atoms with Crippen molar-refractivity contribution < 1.29 is 18.3 Å². The van der Waals surface area contributed by atoms with E-state index in [-0.39, 0.29) is 48.2 Å². The number of likely N-dealkylation sites (N-methyl/N-ethyl adjacent to an activating group) is 1. The largest absolute Gasteiger partial charge is 0.434 e. The summed E-state index contributed by atoms with van der Waals surface area (Å²) < 4.78 is 29.6. The normalized spacial score (nSPS) is 17.6. The molecule has 1 unspecified atom stereocenters. The standard InChI is InChI=1S/C17H23ClF2N4O2.HI/c1-3-21-17(23-13-5-7-15(25)24(2)10-13)22-9-11-8-12(18)4-6-14(11)26-16(19)20;/h4,6,8,13,16H,3,5,7,9-10H2,1-2H3,(H2,21,22,23);1H. The maximum atomic E-state index is 12.6. The molecule has 10 heteroatoms. The van der Waals surface area contributed by atoms with Crippen LogP contribution in [0.2, 0.25) is 5.02 Å². The zero-order valence-corrected chi connectivity index (χ0v) is 18.3. The second-order valence-electron chi connectivity index (χ2n) is 5.98. The predicted molar refractivity (Wildman–Crippen MR) is 112 cm³/mol. The number of rotatable bonds is 6. The minimum atomic E-state index is -2.92. The summed E-state index contributed by atoms with van der Waals surface area (Å²) in [7, 11) is 1.76. The summed E-state index contributed by atoms with van der Waals surface area (Å²) in [5, 5.41) is 6.81. The Kier molecular flexibility index (Phi) is 10.1. The van der Waals surface area contributed by atoms with Crippen molar-refractivity contribution in [1.29, 1.82) is 0 Å². The van der Waals surface area contributed by atoms with E-state index in [0.717, 1.165) is 0 Å². The van der Waals surface area contributed by atoms with Gasteiger partial charge in [0.2, 0.25) is 5.91 Å². The lowest BCUT2D eigenvalue weighted by Crippen LogP contribution is -2.51. The molecule has 152 valence electrons. The first-order valence-electron chi connectivity index (χ1n) is 8.41. The van der Waals surface area contributed by atoms with Gasteiger partial charge in [0.05, 0.1) is 6.54 Å². The van der Waals surface area contributed by atoms with Gasteiger partial charge in [-0.1, -0.05) is 11.6 Å². The number of carbonyl (C=O) groups excluding carboxylic acids is 1. The van der Waals surface area contributed by atoms with Crippen LogP contribution in [0, 0.1) is 0 Å². The van der Waals surface area contributed by atoms with Crippen LogP contribution in [-0.4, -0.2) is 49.6 Å². The molecule has 0 spiro atoms. The molecule has 1 saturated heterocycles. The Hall–Kier alpha value is -1.36. The molecule has 6 nitrogen and oxygen atoms in total. The van der Waals surface area contributed by atoms with Gasteiger partial charge in [-0.15, -0.1) is 24.0 Å². The van der Waals surface area contributed by atoms with E-state index in [1.54, 1.807) is 18.0 Å². The Morgan fingerprint density at radius 2 is 2.22 bits per heavy atom. The summed E-state index contributed by atoms with van der Waals surface area (Å²) in [6.07, 6.45) is 1.19. The third-order valence-corrected chi connectivity index (χ3v) is 4.19. The fraction of sp³-hybridized carbons (Fsp3) is 0.529. The number of amides is 1. The number of piperidine rings is 1. The van der Waals surface area contributed by atoms with Gasteiger partial charge in [0, 0.05) is 43.2 Å². The molecule has 27 heavy (non-hydrogen) atoms. The second kappa shape index (κ2) is 11.5. The topological polar surface area (TPSA) is 66.0 Å². The minimum Gasteiger partial charge on any atom is -0.434 e. The van der Waals surface area contributed by atoms with Gasteiger partial charge in [0.15, 0.2) is 5.96 Å². The second-order valence-corrected chi connectivity index (χ2v) is 6.42. The molecule has 1 heterocycles. The number of halogens is 4. The predicted octanol–water partition coefficient (Wildman–Crippen LogP) is 3.24. The third-order valence-electron chi connectivity index (χ3n) is 3.96. The number of likely N-dealkylation sites (tertiary alicyclic amines) is 1. The molecule has 1 aromatic carbocycles. The number of carbonyl (C=O) groups is 1. The van der Waals surface area contributed by atoms with Gasteiger partial charge < -0.3 is 20.3 Å². The first kappa shape index (κ1) is 23.7. The fourth-order valence-electron chi connectivity index (χ4n) is 2.69. The van der Waals surface area contributed by atoms with Crippen molar-refractivity contribution in [2.45, 2.75) is 39.0 Å². The van der Waals surface area contributed by atoms with Gasteiger partial charge in [-0.3, -0.25) is 4.79 Å². The number of benzene rings is 1. The minimum absolute atomic E-state index is 0. The van der Waals surface area contributed by atoms with Crippen LogP contribution in [0.1, 0.15) is 25.3 Å². The Bertz CT molecular complexity index is 664. The summed E-state index contributed by atoms with van der Waals surface area (Å²) in [6, 6.07) is 4.53. The van der Waals surface area contributed by atoms with Crippen molar-refractivity contribution in [2.75, 3.05) is 20.1 Å². The number of hydrogen-bond acceptors (Lipinski definition) is 3. The zero-order valence-electron chi connectivity index (χ0n) is 15.2. The van der Waals surface area contributed by atoms with Crippen LogP contribution in [0.25, 0.3) is 0 Å². The Morgan fingerprint density at radius 3 is 2.85 bits per heavy atom. The van der Waals surface area contributed by atoms with E-state index >= 15 is 0 Å². The molecule has 2 rings (SSSR count). The van der Waals surface area contributed by atoms with Crippen LogP contribution in [0.4, 0.5) is 8.78 Å². The average molecular weight is 517 g/mol. The highest BCUT2D eigenvalue weighted by Crippen LogP contribution is 2.25. The van der Waals surface area contributed by atoms with E-state index in [9.17, 15) is 13.6 Å². The van der Waals surface area contributed by atoms with Gasteiger partial charge in [-0.2, -0.15) is 8.78 Å². The van der Waals surface area contributed by atoms with Crippen molar-refractivity contribution in [3.63, 3.8) is 0 Å². The number of nitrogens with zero attached hydrogens (tertiary/aromatic N) is 2. The summed E-state index contributed by atoms with van der Waals surface area (Å²) >= 11 is 5.95. The number of alkyl halides is 2. The molecule has 0 radical (unpaired) electrons. The Balaban J connectivity index is 0.00000364. The SMILES string of the molecule is CCNC(=NCc1cc(Cl)ccc1OC(F)F)NC1CCC(=O)N(C)C1.I. The van der Waals surface area contributed by atoms with Gasteiger partial charge in [0.1, 0.15) is 5.75 Å². The molecular formula is C17H24ClF2IN4O2. The van der Waals surface area contributed by atoms with Crippen molar-refractivity contribution in [2.24, 2.45) is 4.99 Å². The summed E-state index contributed by atoms with van der Waals surface area (Å²) in [5.41, 5.74) is 0.464. The molecule has 0 aromatic heterocycles. The Labute approximate surface area is 179 Å². The molecule has 0 bridgehead atoms. The highest BCUT2D eigenvalue weighted by atomic mass is 127. The lowest BCUT2D eigenvalue weighted by molar-refractivity contribution is -0.132. The number of hydrogen-bond donors (Lipinski definition) is 2. The summed E-state index contributed by atoms with van der Waals surface area (Å²) in [6.45, 7) is 0.363. The van der Waals surface area contributed by atoms with Gasteiger partial charge >= 0.3 is 6.61 Å². The number of aliphatic imine (C=N–C) groups is 1. The summed E-state index contributed by atoms with van der Waals surface area (Å²) in [5.74, 6) is 0.716. The highest BCUT2D eigenvalue weighted by molar-refractivity contribution is 14.0. The lowest BCUT2D eigenvalue weighted by atomic mass is 10.1. The van der Waals surface area contributed by atoms with Crippen molar-refractivity contribution in [3.8, 4) is 5.75 Å². The molecule has 1 atom stereocenters. The van der Waals surface area contributed by atoms with Crippen molar-refractivity contribution >= 4 is 47.4 Å². The first-order valence-corrected chi connectivity index (χ1v) is 8.79. The molecule has 1 aliphatic heterocycles. The number of guanidine groups is 1.